The summed E-state index contributed by atoms with van der Waals surface area (Å²) in [7, 11) is 0. The zero-order valence-electron chi connectivity index (χ0n) is 11.7. The van der Waals surface area contributed by atoms with E-state index in [4.69, 9.17) is 0 Å². The first-order chi connectivity index (χ1) is 9.94. The van der Waals surface area contributed by atoms with Crippen LogP contribution in [-0.4, -0.2) is 41.5 Å². The summed E-state index contributed by atoms with van der Waals surface area (Å²) in [6.45, 7) is 2.80. The Morgan fingerprint density at radius 1 is 1.57 bits per heavy atom. The molecule has 1 aromatic carbocycles. The molecule has 0 spiro atoms. The maximum absolute atomic E-state index is 13.6. The molecule has 0 radical (unpaired) electrons. The van der Waals surface area contributed by atoms with Crippen LogP contribution in [0.25, 0.3) is 0 Å². The lowest BCUT2D eigenvalue weighted by Crippen LogP contribution is -2.40. The quantitative estimate of drug-likeness (QED) is 0.863. The van der Waals surface area contributed by atoms with Crippen molar-refractivity contribution in [1.82, 2.24) is 10.2 Å². The number of likely N-dealkylation sites (tertiary alicyclic amines) is 1. The van der Waals surface area contributed by atoms with Gasteiger partial charge in [0.25, 0.3) is 0 Å². The lowest BCUT2D eigenvalue weighted by Gasteiger charge is -2.22. The van der Waals surface area contributed by atoms with Gasteiger partial charge in [-0.15, -0.1) is 0 Å². The Bertz CT molecular complexity index is 619. The molecule has 6 heteroatoms. The molecule has 2 heterocycles. The predicted molar refractivity (Wildman–Crippen MR) is 73.0 cm³/mol. The first-order valence-corrected chi connectivity index (χ1v) is 6.92. The molecule has 0 aliphatic carbocycles. The van der Waals surface area contributed by atoms with Gasteiger partial charge in [0.1, 0.15) is 11.2 Å². The fourth-order valence-corrected chi connectivity index (χ4v) is 3.27. The first-order valence-electron chi connectivity index (χ1n) is 6.92. The fraction of sp³-hybridized carbons (Fsp3) is 0.467. The summed E-state index contributed by atoms with van der Waals surface area (Å²) >= 11 is 0. The Kier molecular flexibility index (Phi) is 3.20. The van der Waals surface area contributed by atoms with Gasteiger partial charge < -0.3 is 15.3 Å². The molecule has 112 valence electrons. The van der Waals surface area contributed by atoms with Gasteiger partial charge in [-0.2, -0.15) is 0 Å². The highest BCUT2D eigenvalue weighted by Gasteiger charge is 2.59. The van der Waals surface area contributed by atoms with Crippen molar-refractivity contribution in [2.45, 2.75) is 13.5 Å². The number of carboxylic acid groups (broad SMARTS) is 1. The third-order valence-electron chi connectivity index (χ3n) is 4.57. The van der Waals surface area contributed by atoms with E-state index in [2.05, 4.69) is 5.32 Å². The molecule has 2 N–H and O–H groups in total. The Hall–Kier alpha value is -1.95. The Balaban J connectivity index is 1.83. The molecule has 0 saturated carbocycles. The molecule has 0 bridgehead atoms. The molecule has 2 aliphatic rings. The van der Waals surface area contributed by atoms with Crippen LogP contribution in [0.3, 0.4) is 0 Å². The largest absolute Gasteiger partial charge is 0.481 e. The van der Waals surface area contributed by atoms with Gasteiger partial charge in [0.05, 0.1) is 5.92 Å². The molecule has 21 heavy (non-hydrogen) atoms. The van der Waals surface area contributed by atoms with Gasteiger partial charge in [0, 0.05) is 26.2 Å². The Morgan fingerprint density at radius 2 is 2.33 bits per heavy atom. The standard InChI is InChI=1S/C15H17FN2O3/c1-9-2-3-10(4-12(9)16)6-18-8-15(14(20)21)7-17-5-11(15)13(18)19/h2-4,11,17H,5-8H2,1H3,(H,20,21)/t11-,15-/m1/s1. The van der Waals surface area contributed by atoms with E-state index in [1.807, 2.05) is 0 Å². The van der Waals surface area contributed by atoms with E-state index in [-0.39, 0.29) is 24.8 Å². The Labute approximate surface area is 121 Å². The molecule has 0 aromatic heterocycles. The lowest BCUT2D eigenvalue weighted by molar-refractivity contribution is -0.149. The number of hydrogen-bond donors (Lipinski definition) is 2. The summed E-state index contributed by atoms with van der Waals surface area (Å²) < 4.78 is 13.6. The number of nitrogens with one attached hydrogen (secondary N) is 1. The van der Waals surface area contributed by atoms with Gasteiger partial charge in [-0.05, 0) is 24.1 Å². The van der Waals surface area contributed by atoms with Crippen LogP contribution in [0.15, 0.2) is 18.2 Å². The summed E-state index contributed by atoms with van der Waals surface area (Å²) in [5, 5.41) is 12.5. The number of carboxylic acids is 1. The van der Waals surface area contributed by atoms with Crippen LogP contribution in [0, 0.1) is 24.1 Å². The van der Waals surface area contributed by atoms with Gasteiger partial charge in [0.2, 0.25) is 5.91 Å². The molecule has 2 saturated heterocycles. The highest BCUT2D eigenvalue weighted by molar-refractivity contribution is 5.92. The zero-order chi connectivity index (χ0) is 15.2. The van der Waals surface area contributed by atoms with E-state index in [9.17, 15) is 19.1 Å². The minimum Gasteiger partial charge on any atom is -0.481 e. The normalized spacial score (nSPS) is 28.0. The fourth-order valence-electron chi connectivity index (χ4n) is 3.27. The van der Waals surface area contributed by atoms with E-state index in [1.165, 1.54) is 11.0 Å². The molecular weight excluding hydrogens is 275 g/mol. The van der Waals surface area contributed by atoms with Crippen molar-refractivity contribution in [2.75, 3.05) is 19.6 Å². The average molecular weight is 292 g/mol. The highest BCUT2D eigenvalue weighted by Crippen LogP contribution is 2.40. The molecule has 2 atom stereocenters. The number of carbonyl (C=O) groups excluding carboxylic acids is 1. The number of aryl methyl sites for hydroxylation is 1. The van der Waals surface area contributed by atoms with Crippen molar-refractivity contribution in [2.24, 2.45) is 11.3 Å². The van der Waals surface area contributed by atoms with Crippen molar-refractivity contribution < 1.29 is 19.1 Å². The third-order valence-corrected chi connectivity index (χ3v) is 4.57. The van der Waals surface area contributed by atoms with Crippen LogP contribution >= 0.6 is 0 Å². The van der Waals surface area contributed by atoms with Crippen LogP contribution < -0.4 is 5.32 Å². The van der Waals surface area contributed by atoms with Crippen molar-refractivity contribution >= 4 is 11.9 Å². The SMILES string of the molecule is Cc1ccc(CN2C[C@]3(C(=O)O)CNC[C@@H]3C2=O)cc1F. The van der Waals surface area contributed by atoms with Gasteiger partial charge in [0.15, 0.2) is 0 Å². The average Bonchev–Trinajstić information content (AvgIpc) is 2.95. The zero-order valence-corrected chi connectivity index (χ0v) is 11.7. The summed E-state index contributed by atoms with van der Waals surface area (Å²) in [6, 6.07) is 4.84. The molecule has 5 nitrogen and oxygen atoms in total. The number of carbonyl (C=O) groups is 2. The summed E-state index contributed by atoms with van der Waals surface area (Å²) in [6.07, 6.45) is 0. The maximum Gasteiger partial charge on any atom is 0.313 e. The number of halogens is 1. The smallest absolute Gasteiger partial charge is 0.313 e. The van der Waals surface area contributed by atoms with E-state index < -0.39 is 17.3 Å². The van der Waals surface area contributed by atoms with Crippen molar-refractivity contribution in [3.63, 3.8) is 0 Å². The molecule has 2 fully saturated rings. The summed E-state index contributed by atoms with van der Waals surface area (Å²) in [4.78, 5) is 25.5. The second kappa shape index (κ2) is 4.80. The maximum atomic E-state index is 13.6. The van der Waals surface area contributed by atoms with Gasteiger partial charge >= 0.3 is 5.97 Å². The van der Waals surface area contributed by atoms with E-state index in [0.717, 1.165) is 0 Å². The minimum atomic E-state index is -1.04. The molecule has 0 unspecified atom stereocenters. The second-order valence-corrected chi connectivity index (χ2v) is 5.92. The van der Waals surface area contributed by atoms with Gasteiger partial charge in [-0.25, -0.2) is 4.39 Å². The highest BCUT2D eigenvalue weighted by atomic mass is 19.1. The van der Waals surface area contributed by atoms with E-state index in [1.54, 1.807) is 19.1 Å². The number of hydrogen-bond acceptors (Lipinski definition) is 3. The molecule has 3 rings (SSSR count). The van der Waals surface area contributed by atoms with Crippen molar-refractivity contribution in [3.05, 3.63) is 35.1 Å². The minimum absolute atomic E-state index is 0.164. The van der Waals surface area contributed by atoms with Crippen LogP contribution in [-0.2, 0) is 16.1 Å². The van der Waals surface area contributed by atoms with Gasteiger partial charge in [-0.3, -0.25) is 9.59 Å². The van der Waals surface area contributed by atoms with Crippen molar-refractivity contribution in [3.8, 4) is 0 Å². The number of rotatable bonds is 3. The molecule has 1 aromatic rings. The number of benzene rings is 1. The Morgan fingerprint density at radius 3 is 2.95 bits per heavy atom. The van der Waals surface area contributed by atoms with Crippen LogP contribution in [0.4, 0.5) is 4.39 Å². The van der Waals surface area contributed by atoms with Crippen LogP contribution in [0.5, 0.6) is 0 Å². The summed E-state index contributed by atoms with van der Waals surface area (Å²) in [5.41, 5.74) is 0.190. The molecule has 1 amide bonds. The van der Waals surface area contributed by atoms with E-state index >= 15 is 0 Å². The monoisotopic (exact) mass is 292 g/mol. The number of amides is 1. The predicted octanol–water partition coefficient (Wildman–Crippen LogP) is 0.767. The second-order valence-electron chi connectivity index (χ2n) is 5.92. The number of aliphatic carboxylic acids is 1. The van der Waals surface area contributed by atoms with E-state index in [0.29, 0.717) is 24.2 Å². The topological polar surface area (TPSA) is 69.6 Å². The first kappa shape index (κ1) is 14.0. The number of nitrogens with zero attached hydrogens (tertiary/aromatic N) is 1. The van der Waals surface area contributed by atoms with Crippen LogP contribution in [0.1, 0.15) is 11.1 Å². The third kappa shape index (κ3) is 2.10. The van der Waals surface area contributed by atoms with Crippen molar-refractivity contribution in [1.29, 1.82) is 0 Å². The van der Waals surface area contributed by atoms with Crippen LogP contribution in [0.2, 0.25) is 0 Å². The summed E-state index contributed by atoms with van der Waals surface area (Å²) in [5.74, 6) is -1.94. The lowest BCUT2D eigenvalue weighted by atomic mass is 9.81. The molecule has 2 aliphatic heterocycles. The van der Waals surface area contributed by atoms with Gasteiger partial charge in [-0.1, -0.05) is 12.1 Å². The number of fused-ring (bicyclic) bond motifs is 1. The molecular formula is C15H17FN2O3.